The number of aromatic nitrogens is 3. The Bertz CT molecular complexity index is 1020. The fraction of sp³-hybridized carbons (Fsp3) is 0.565. The summed E-state index contributed by atoms with van der Waals surface area (Å²) in [5.74, 6) is 1.00. The van der Waals surface area contributed by atoms with Crippen LogP contribution in [-0.4, -0.2) is 61.5 Å². The van der Waals surface area contributed by atoms with Crippen molar-refractivity contribution in [1.82, 2.24) is 20.1 Å². The van der Waals surface area contributed by atoms with Crippen LogP contribution in [0.4, 0.5) is 5.82 Å². The largest absolute Gasteiger partial charge is 0.479 e. The van der Waals surface area contributed by atoms with E-state index in [2.05, 4.69) is 39.3 Å². The molecule has 1 atom stereocenters. The summed E-state index contributed by atoms with van der Waals surface area (Å²) in [5.41, 5.74) is 1.11. The molecule has 0 bridgehead atoms. The lowest BCUT2D eigenvalue weighted by molar-refractivity contribution is -0.143. The smallest absolute Gasteiger partial charge is 0.264 e. The summed E-state index contributed by atoms with van der Waals surface area (Å²) in [7, 11) is -1.07. The summed E-state index contributed by atoms with van der Waals surface area (Å²) in [5, 5.41) is 10.6. The molecule has 2 aromatic heterocycles. The van der Waals surface area contributed by atoms with Gasteiger partial charge in [0.05, 0.1) is 28.7 Å². The third-order valence-electron chi connectivity index (χ3n) is 7.01. The van der Waals surface area contributed by atoms with Crippen LogP contribution in [0.25, 0.3) is 0 Å². The van der Waals surface area contributed by atoms with E-state index < -0.39 is 21.7 Å². The van der Waals surface area contributed by atoms with Gasteiger partial charge >= 0.3 is 0 Å². The molecule has 2 aliphatic rings. The zero-order valence-electron chi connectivity index (χ0n) is 19.7. The van der Waals surface area contributed by atoms with Crippen molar-refractivity contribution < 1.29 is 14.3 Å². The van der Waals surface area contributed by atoms with Crippen molar-refractivity contribution in [2.75, 3.05) is 24.1 Å². The summed E-state index contributed by atoms with van der Waals surface area (Å²) in [4.78, 5) is 32.4. The third-order valence-corrected chi connectivity index (χ3v) is 9.95. The number of fused-ring (bicyclic) bond motifs is 1. The molecule has 0 saturated heterocycles. The lowest BCUT2D eigenvalue weighted by atomic mass is 9.83. The number of rotatable bonds is 6. The Balaban J connectivity index is 1.52. The number of hydrogen-bond donors (Lipinski definition) is 2. The van der Waals surface area contributed by atoms with Crippen LogP contribution in [0.15, 0.2) is 24.5 Å². The number of carbonyl (C=O) groups is 2. The van der Waals surface area contributed by atoms with Crippen molar-refractivity contribution in [3.63, 3.8) is 0 Å². The van der Waals surface area contributed by atoms with Crippen molar-refractivity contribution in [2.45, 2.75) is 63.0 Å². The third kappa shape index (κ3) is 3.56. The molecule has 1 aliphatic heterocycles. The SMILES string of the molecule is CC(Oc1cccnc1)C(=O)N1Cc2c(NC(=O)C3(S(C)(C)C)CCC3)n[nH]c2C1(C)C. The molecular formula is C23H33N5O3S. The summed E-state index contributed by atoms with van der Waals surface area (Å²) in [6.45, 7) is 6.06. The van der Waals surface area contributed by atoms with Crippen LogP contribution in [0.3, 0.4) is 0 Å². The Morgan fingerprint density at radius 3 is 2.56 bits per heavy atom. The topological polar surface area (TPSA) is 100 Å². The van der Waals surface area contributed by atoms with Crippen LogP contribution in [0, 0.1) is 0 Å². The minimum Gasteiger partial charge on any atom is -0.479 e. The summed E-state index contributed by atoms with van der Waals surface area (Å²) >= 11 is 0. The summed E-state index contributed by atoms with van der Waals surface area (Å²) < 4.78 is 5.51. The Morgan fingerprint density at radius 2 is 2.00 bits per heavy atom. The van der Waals surface area contributed by atoms with E-state index in [0.29, 0.717) is 18.1 Å². The van der Waals surface area contributed by atoms with Gasteiger partial charge in [0, 0.05) is 11.8 Å². The van der Waals surface area contributed by atoms with Gasteiger partial charge in [0.2, 0.25) is 5.91 Å². The molecule has 1 unspecified atom stereocenters. The Kier molecular flexibility index (Phi) is 5.51. The number of amides is 2. The number of H-pyrrole nitrogens is 1. The number of nitrogens with zero attached hydrogens (tertiary/aromatic N) is 3. The molecule has 32 heavy (non-hydrogen) atoms. The van der Waals surface area contributed by atoms with Gasteiger partial charge in [-0.3, -0.25) is 19.7 Å². The van der Waals surface area contributed by atoms with Crippen LogP contribution in [0.5, 0.6) is 5.75 Å². The zero-order chi connectivity index (χ0) is 23.3. The van der Waals surface area contributed by atoms with Gasteiger partial charge < -0.3 is 15.0 Å². The second-order valence-electron chi connectivity index (χ2n) is 10.00. The molecule has 174 valence electrons. The summed E-state index contributed by atoms with van der Waals surface area (Å²) in [6, 6.07) is 3.55. The molecule has 0 aromatic carbocycles. The highest BCUT2D eigenvalue weighted by atomic mass is 32.3. The van der Waals surface area contributed by atoms with Crippen LogP contribution < -0.4 is 10.1 Å². The molecule has 8 nitrogen and oxygen atoms in total. The van der Waals surface area contributed by atoms with E-state index in [4.69, 9.17) is 4.74 Å². The number of nitrogens with one attached hydrogen (secondary N) is 2. The molecule has 1 aliphatic carbocycles. The molecule has 1 saturated carbocycles. The van der Waals surface area contributed by atoms with Gasteiger partial charge in [0.15, 0.2) is 11.9 Å². The number of hydrogen-bond acceptors (Lipinski definition) is 5. The maximum absolute atomic E-state index is 13.3. The second kappa shape index (κ2) is 7.79. The molecule has 4 rings (SSSR count). The molecule has 9 heteroatoms. The van der Waals surface area contributed by atoms with E-state index in [9.17, 15) is 9.59 Å². The predicted octanol–water partition coefficient (Wildman–Crippen LogP) is 3.40. The van der Waals surface area contributed by atoms with Gasteiger partial charge in [-0.1, -0.05) is 0 Å². The maximum atomic E-state index is 13.3. The van der Waals surface area contributed by atoms with Crippen molar-refractivity contribution in [1.29, 1.82) is 0 Å². The average Bonchev–Trinajstić information content (AvgIpc) is 3.18. The van der Waals surface area contributed by atoms with Crippen LogP contribution in [0.1, 0.15) is 51.3 Å². The minimum absolute atomic E-state index is 0.0522. The number of pyridine rings is 1. The lowest BCUT2D eigenvalue weighted by Crippen LogP contribution is -2.51. The first-order valence-corrected chi connectivity index (χ1v) is 13.8. The number of ether oxygens (including phenoxy) is 1. The van der Waals surface area contributed by atoms with Gasteiger partial charge in [-0.25, -0.2) is 10.0 Å². The molecule has 0 spiro atoms. The van der Waals surface area contributed by atoms with Gasteiger partial charge in [-0.15, -0.1) is 0 Å². The van der Waals surface area contributed by atoms with Crippen molar-refractivity contribution in [3.8, 4) is 5.75 Å². The first kappa shape index (κ1) is 22.6. The van der Waals surface area contributed by atoms with E-state index >= 15 is 0 Å². The molecule has 2 amide bonds. The second-order valence-corrected chi connectivity index (χ2v) is 14.5. The van der Waals surface area contributed by atoms with Crippen molar-refractivity contribution >= 4 is 27.7 Å². The van der Waals surface area contributed by atoms with E-state index in [0.717, 1.165) is 30.5 Å². The van der Waals surface area contributed by atoms with Gasteiger partial charge in [-0.2, -0.15) is 5.10 Å². The van der Waals surface area contributed by atoms with Crippen LogP contribution in [0.2, 0.25) is 0 Å². The Morgan fingerprint density at radius 1 is 1.28 bits per heavy atom. The normalized spacial score (nSPS) is 20.1. The van der Waals surface area contributed by atoms with Crippen molar-refractivity contribution in [2.24, 2.45) is 0 Å². The van der Waals surface area contributed by atoms with Crippen LogP contribution in [-0.2, 0) is 21.7 Å². The van der Waals surface area contributed by atoms with Gasteiger partial charge in [0.25, 0.3) is 5.91 Å². The van der Waals surface area contributed by atoms with Crippen LogP contribution >= 0.6 is 10.0 Å². The fourth-order valence-electron chi connectivity index (χ4n) is 4.70. The average molecular weight is 460 g/mol. The van der Waals surface area contributed by atoms with E-state index in [1.807, 2.05) is 13.8 Å². The van der Waals surface area contributed by atoms with E-state index in [1.54, 1.807) is 36.4 Å². The molecule has 3 heterocycles. The quantitative estimate of drug-likeness (QED) is 0.690. The lowest BCUT2D eigenvalue weighted by Gasteiger charge is -2.53. The van der Waals surface area contributed by atoms with E-state index in [-0.39, 0.29) is 16.6 Å². The number of anilines is 1. The molecule has 2 N–H and O–H groups in total. The predicted molar refractivity (Wildman–Crippen MR) is 127 cm³/mol. The monoisotopic (exact) mass is 459 g/mol. The van der Waals surface area contributed by atoms with E-state index in [1.165, 1.54) is 0 Å². The number of aromatic amines is 1. The number of carbonyl (C=O) groups excluding carboxylic acids is 2. The molecule has 1 fully saturated rings. The summed E-state index contributed by atoms with van der Waals surface area (Å²) in [6.07, 6.45) is 12.1. The highest BCUT2D eigenvalue weighted by Crippen LogP contribution is 2.60. The first-order chi connectivity index (χ1) is 15.0. The van der Waals surface area contributed by atoms with Gasteiger partial charge in [0.1, 0.15) is 5.75 Å². The maximum Gasteiger partial charge on any atom is 0.264 e. The minimum atomic E-state index is -1.07. The Hall–Kier alpha value is -2.55. The van der Waals surface area contributed by atoms with Crippen molar-refractivity contribution in [3.05, 3.63) is 35.8 Å². The molecular weight excluding hydrogens is 426 g/mol. The first-order valence-electron chi connectivity index (χ1n) is 10.9. The Labute approximate surface area is 190 Å². The highest BCUT2D eigenvalue weighted by molar-refractivity contribution is 8.33. The van der Waals surface area contributed by atoms with Gasteiger partial charge in [-0.05, 0) is 70.9 Å². The zero-order valence-corrected chi connectivity index (χ0v) is 20.5. The fourth-order valence-corrected chi connectivity index (χ4v) is 6.82. The molecule has 2 aromatic rings. The molecule has 0 radical (unpaired) electrons. The standard InChI is InChI=1S/C23H33N5O3S/c1-15(31-16-9-7-12-24-13-16)20(29)28-14-17-18(22(28,2)3)26-27-19(17)25-21(30)23(10-8-11-23)32(4,5)6/h7,9,12-13,15H,8,10-11,14H2,1-6H3,(H2,25,26,27,30). The highest BCUT2D eigenvalue weighted by Gasteiger charge is 2.51.